The number of sulfonamides is 1. The van der Waals surface area contributed by atoms with Crippen molar-refractivity contribution in [2.24, 2.45) is 0 Å². The van der Waals surface area contributed by atoms with Crippen LogP contribution in [0.5, 0.6) is 11.5 Å². The molecule has 1 aliphatic carbocycles. The first-order valence-corrected chi connectivity index (χ1v) is 11.3. The molecule has 0 saturated heterocycles. The van der Waals surface area contributed by atoms with Crippen molar-refractivity contribution in [2.45, 2.75) is 24.2 Å². The number of fused-ring (bicyclic) bond motifs is 1. The lowest BCUT2D eigenvalue weighted by Crippen LogP contribution is -2.16. The first-order valence-electron chi connectivity index (χ1n) is 9.79. The highest BCUT2D eigenvalue weighted by Gasteiger charge is 2.20. The van der Waals surface area contributed by atoms with Crippen LogP contribution in [0.3, 0.4) is 0 Å². The van der Waals surface area contributed by atoms with Crippen molar-refractivity contribution < 1.29 is 23.1 Å². The van der Waals surface area contributed by atoms with Crippen LogP contribution in [-0.4, -0.2) is 26.5 Å². The number of hydrogen-bond acceptors (Lipinski definition) is 5. The van der Waals surface area contributed by atoms with E-state index in [1.807, 2.05) is 12.1 Å². The quantitative estimate of drug-likeness (QED) is 0.506. The van der Waals surface area contributed by atoms with Crippen molar-refractivity contribution >= 4 is 27.3 Å². The van der Waals surface area contributed by atoms with Gasteiger partial charge in [0.25, 0.3) is 15.9 Å². The molecule has 31 heavy (non-hydrogen) atoms. The van der Waals surface area contributed by atoms with Crippen molar-refractivity contribution in [1.82, 2.24) is 0 Å². The molecule has 0 aliphatic heterocycles. The number of nitrogens with one attached hydrogen (secondary N) is 2. The summed E-state index contributed by atoms with van der Waals surface area (Å²) in [5, 5.41) is 12.8. The predicted molar refractivity (Wildman–Crippen MR) is 118 cm³/mol. The van der Waals surface area contributed by atoms with Gasteiger partial charge in [-0.1, -0.05) is 18.2 Å². The zero-order chi connectivity index (χ0) is 22.0. The van der Waals surface area contributed by atoms with Gasteiger partial charge in [0, 0.05) is 5.56 Å². The van der Waals surface area contributed by atoms with Gasteiger partial charge >= 0.3 is 0 Å². The summed E-state index contributed by atoms with van der Waals surface area (Å²) in [4.78, 5) is 12.6. The fraction of sp³-hybridized carbons (Fsp3) is 0.174. The van der Waals surface area contributed by atoms with E-state index in [1.165, 1.54) is 30.9 Å². The molecule has 0 bridgehead atoms. The molecule has 0 atom stereocenters. The second-order valence-electron chi connectivity index (χ2n) is 7.28. The Bertz CT molecular complexity index is 1250. The minimum absolute atomic E-state index is 0.00778. The van der Waals surface area contributed by atoms with Gasteiger partial charge in [-0.05, 0) is 72.9 Å². The van der Waals surface area contributed by atoms with Gasteiger partial charge in [-0.3, -0.25) is 9.52 Å². The largest absolute Gasteiger partial charge is 0.506 e. The molecule has 3 N–H and O–H groups in total. The van der Waals surface area contributed by atoms with Gasteiger partial charge in [-0.15, -0.1) is 0 Å². The molecular weight excluding hydrogens is 416 g/mol. The van der Waals surface area contributed by atoms with E-state index in [-0.39, 0.29) is 22.0 Å². The van der Waals surface area contributed by atoms with Crippen molar-refractivity contribution in [3.8, 4) is 11.5 Å². The lowest BCUT2D eigenvalue weighted by atomic mass is 10.1. The molecule has 0 spiro atoms. The smallest absolute Gasteiger partial charge is 0.262 e. The van der Waals surface area contributed by atoms with Crippen LogP contribution in [0.25, 0.3) is 0 Å². The van der Waals surface area contributed by atoms with Crippen LogP contribution in [-0.2, 0) is 22.9 Å². The summed E-state index contributed by atoms with van der Waals surface area (Å²) in [5.41, 5.74) is 3.14. The maximum atomic E-state index is 12.9. The second kappa shape index (κ2) is 8.31. The van der Waals surface area contributed by atoms with Gasteiger partial charge < -0.3 is 15.2 Å². The average Bonchev–Trinajstić information content (AvgIpc) is 3.23. The molecule has 3 aromatic carbocycles. The minimum Gasteiger partial charge on any atom is -0.506 e. The molecule has 0 unspecified atom stereocenters. The van der Waals surface area contributed by atoms with E-state index in [0.29, 0.717) is 11.3 Å². The van der Waals surface area contributed by atoms with E-state index >= 15 is 0 Å². The number of rotatable bonds is 6. The maximum Gasteiger partial charge on any atom is 0.262 e. The normalized spacial score (nSPS) is 12.8. The number of ether oxygens (including phenoxy) is 1. The Kier molecular flexibility index (Phi) is 5.56. The molecule has 0 radical (unpaired) electrons. The van der Waals surface area contributed by atoms with Gasteiger partial charge in [-0.25, -0.2) is 8.42 Å². The number of phenols is 1. The third kappa shape index (κ3) is 4.34. The monoisotopic (exact) mass is 438 g/mol. The Morgan fingerprint density at radius 3 is 2.55 bits per heavy atom. The van der Waals surface area contributed by atoms with E-state index in [1.54, 1.807) is 30.3 Å². The Morgan fingerprint density at radius 1 is 0.968 bits per heavy atom. The van der Waals surface area contributed by atoms with Gasteiger partial charge in [-0.2, -0.15) is 0 Å². The van der Waals surface area contributed by atoms with Gasteiger partial charge in [0.1, 0.15) is 11.5 Å². The number of anilines is 2. The van der Waals surface area contributed by atoms with E-state index in [9.17, 15) is 18.3 Å². The lowest BCUT2D eigenvalue weighted by Gasteiger charge is -2.13. The average molecular weight is 439 g/mol. The van der Waals surface area contributed by atoms with E-state index in [0.717, 1.165) is 24.8 Å². The van der Waals surface area contributed by atoms with Crippen LogP contribution < -0.4 is 14.8 Å². The third-order valence-corrected chi connectivity index (χ3v) is 6.60. The number of para-hydroxylation sites is 2. The van der Waals surface area contributed by atoms with Crippen LogP contribution >= 0.6 is 0 Å². The van der Waals surface area contributed by atoms with Crippen LogP contribution in [0, 0.1) is 0 Å². The molecule has 7 nitrogen and oxygen atoms in total. The summed E-state index contributed by atoms with van der Waals surface area (Å²) >= 11 is 0. The summed E-state index contributed by atoms with van der Waals surface area (Å²) in [7, 11) is -2.54. The number of methoxy groups -OCH3 is 1. The molecule has 0 heterocycles. The molecule has 0 aromatic heterocycles. The highest BCUT2D eigenvalue weighted by Crippen LogP contribution is 2.31. The highest BCUT2D eigenvalue weighted by atomic mass is 32.2. The standard InChI is InChI=1S/C23H22N2O5S/c1-30-22-8-3-2-7-19(22)25-31(28,29)18-11-12-21(26)20(14-18)24-23(27)17-10-9-15-5-4-6-16(15)13-17/h2-3,7-14,25-26H,4-6H2,1H3,(H,24,27). The Labute approximate surface area is 180 Å². The lowest BCUT2D eigenvalue weighted by molar-refractivity contribution is 0.102. The molecule has 4 rings (SSSR count). The Morgan fingerprint density at radius 2 is 1.74 bits per heavy atom. The van der Waals surface area contributed by atoms with Gasteiger partial charge in [0.05, 0.1) is 23.4 Å². The number of carbonyl (C=O) groups is 1. The van der Waals surface area contributed by atoms with Crippen molar-refractivity contribution in [2.75, 3.05) is 17.1 Å². The molecule has 1 amide bonds. The number of hydrogen-bond donors (Lipinski definition) is 3. The van der Waals surface area contributed by atoms with E-state index in [4.69, 9.17) is 4.74 Å². The van der Waals surface area contributed by atoms with Crippen LogP contribution in [0.15, 0.2) is 65.6 Å². The molecule has 1 aliphatic rings. The van der Waals surface area contributed by atoms with Gasteiger partial charge in [0.2, 0.25) is 0 Å². The van der Waals surface area contributed by atoms with E-state index in [2.05, 4.69) is 10.0 Å². The first-order chi connectivity index (χ1) is 14.9. The van der Waals surface area contributed by atoms with Crippen molar-refractivity contribution in [1.29, 1.82) is 0 Å². The summed E-state index contributed by atoms with van der Waals surface area (Å²) in [6, 6.07) is 15.9. The molecular formula is C23H22N2O5S. The number of benzene rings is 3. The molecule has 8 heteroatoms. The number of aryl methyl sites for hydroxylation is 2. The SMILES string of the molecule is COc1ccccc1NS(=O)(=O)c1ccc(O)c(NC(=O)c2ccc3c(c2)CCC3)c1. The maximum absolute atomic E-state index is 12.9. The summed E-state index contributed by atoms with van der Waals surface area (Å²) in [5.74, 6) is -0.280. The number of carbonyl (C=O) groups excluding carboxylic acids is 1. The minimum atomic E-state index is -3.99. The number of aromatic hydroxyl groups is 1. The van der Waals surface area contributed by atoms with Crippen LogP contribution in [0.2, 0.25) is 0 Å². The third-order valence-electron chi connectivity index (χ3n) is 5.24. The fourth-order valence-electron chi connectivity index (χ4n) is 3.62. The van der Waals surface area contributed by atoms with Crippen LogP contribution in [0.4, 0.5) is 11.4 Å². The Hall–Kier alpha value is -3.52. The molecule has 160 valence electrons. The van der Waals surface area contributed by atoms with Gasteiger partial charge in [0.15, 0.2) is 0 Å². The number of phenolic OH excluding ortho intramolecular Hbond substituents is 1. The number of amides is 1. The molecule has 3 aromatic rings. The Balaban J connectivity index is 1.58. The molecule has 0 fully saturated rings. The second-order valence-corrected chi connectivity index (χ2v) is 8.96. The van der Waals surface area contributed by atoms with E-state index < -0.39 is 15.9 Å². The summed E-state index contributed by atoms with van der Waals surface area (Å²) < 4.78 is 33.4. The summed E-state index contributed by atoms with van der Waals surface area (Å²) in [6.45, 7) is 0. The predicted octanol–water partition coefficient (Wildman–Crippen LogP) is 3.94. The van der Waals surface area contributed by atoms with Crippen LogP contribution in [0.1, 0.15) is 27.9 Å². The first kappa shape index (κ1) is 20.7. The fourth-order valence-corrected chi connectivity index (χ4v) is 4.72. The zero-order valence-electron chi connectivity index (χ0n) is 16.9. The molecule has 0 saturated carbocycles. The van der Waals surface area contributed by atoms with Crippen molar-refractivity contribution in [3.05, 3.63) is 77.4 Å². The topological polar surface area (TPSA) is 105 Å². The highest BCUT2D eigenvalue weighted by molar-refractivity contribution is 7.92. The summed E-state index contributed by atoms with van der Waals surface area (Å²) in [6.07, 6.45) is 3.02. The zero-order valence-corrected chi connectivity index (χ0v) is 17.7. The van der Waals surface area contributed by atoms with Crippen molar-refractivity contribution in [3.63, 3.8) is 0 Å².